The molecule has 17 bridgehead atoms. The van der Waals surface area contributed by atoms with Gasteiger partial charge >= 0.3 is 11.9 Å². The smallest absolute Gasteiger partial charge is 0.337 e. The number of fused-ring (bicyclic) bond motifs is 14. The minimum absolute atomic E-state index is 0.127. The quantitative estimate of drug-likeness (QED) is 0.0421. The number of carboxylic acids is 1. The minimum atomic E-state index is -2.45. The molecule has 2 saturated heterocycles. The molecule has 0 unspecified atom stereocenters. The maximum absolute atomic E-state index is 16.7. The van der Waals surface area contributed by atoms with E-state index in [1.807, 2.05) is 0 Å². The Bertz CT molecular complexity index is 5220. The number of aliphatic hydroxyl groups excluding tert-OH is 7. The van der Waals surface area contributed by atoms with Gasteiger partial charge in [0.15, 0.2) is 35.1 Å². The van der Waals surface area contributed by atoms with E-state index in [-0.39, 0.29) is 34.8 Å². The maximum Gasteiger partial charge on any atom is 0.337 e. The standard InChI is InChI=1S/C84H90Cl2N8O29/c1-34(2)11-9-7-5-6-8-10-12-57(100)89-66-69(103)71(105)74(82(115)116-4)123-83(66)122-73-54-27-39-28-55(73)119-51-22-17-38(25-46(51)85)67(101)65-80(112)93-64(81(113)114)44-29-40(96)30-53(120-84-72(106)70(104)68(102)56(33-95)121-84)58(44)43-24-36(15-20-48(43)97)61(77(109)94-65)90-78(110)62(39)91-79(111)63-45-31-42(32-50(99)59(45)86)118-52-26-37(16-21-49(52)98)60(87-3)76(108)88-47(75(107)92-63)23-35-13-18-41(117-54)19-14-35/h13-22,24-32,34,47,56,60-72,74,83-84,87,95-99,101-106H,5-12,23,33H2,1-4H3,(H,88,108)(H,89,100)(H,90,110)(H,91,111)(H,92,107)(H,93,112)(H,94,109)(H,113,114)/t47-,56-,60-,61-,62-,63+,64-,65+,66-,67-,68-,69-,70+,71+,72+,74+,83-,84+/m1/s1. The molecule has 2 fully saturated rings. The Morgan fingerprint density at radius 2 is 1.20 bits per heavy atom. The first-order valence-corrected chi connectivity index (χ1v) is 40.1. The van der Waals surface area contributed by atoms with E-state index in [2.05, 4.69) is 56.4 Å². The number of halogens is 2. The number of carboxylic acid groups (broad SMARTS) is 1. The van der Waals surface area contributed by atoms with Crippen LogP contribution in [-0.2, 0) is 63.8 Å². The predicted octanol–water partition coefficient (Wildman–Crippen LogP) is 4.27. The number of esters is 1. The van der Waals surface area contributed by atoms with Crippen molar-refractivity contribution in [3.8, 4) is 80.1 Å². The highest BCUT2D eigenvalue weighted by molar-refractivity contribution is 6.33. The molecule has 8 aliphatic heterocycles. The second-order valence-electron chi connectivity index (χ2n) is 30.8. The van der Waals surface area contributed by atoms with Gasteiger partial charge in [0.25, 0.3) is 0 Å². The summed E-state index contributed by atoms with van der Waals surface area (Å²) in [6, 6.07) is 4.80. The van der Waals surface area contributed by atoms with Gasteiger partial charge in [-0.2, -0.15) is 0 Å². The molecule has 654 valence electrons. The summed E-state index contributed by atoms with van der Waals surface area (Å²) in [5, 5.41) is 157. The molecule has 39 heteroatoms. The number of aliphatic carboxylic acids is 1. The van der Waals surface area contributed by atoms with Crippen molar-refractivity contribution in [1.82, 2.24) is 42.5 Å². The van der Waals surface area contributed by atoms with Crippen LogP contribution in [0.15, 0.2) is 115 Å². The van der Waals surface area contributed by atoms with Crippen LogP contribution in [-0.4, -0.2) is 209 Å². The van der Waals surface area contributed by atoms with Gasteiger partial charge in [0, 0.05) is 47.2 Å². The minimum Gasteiger partial charge on any atom is -0.508 e. The zero-order valence-corrected chi connectivity index (χ0v) is 67.6. The number of benzene rings is 7. The van der Waals surface area contributed by atoms with Crippen molar-refractivity contribution in [2.24, 2.45) is 5.92 Å². The zero-order chi connectivity index (χ0) is 88.3. The number of phenols is 4. The third-order valence-electron chi connectivity index (χ3n) is 21.8. The summed E-state index contributed by atoms with van der Waals surface area (Å²) in [6.07, 6.45) is -15.7. The molecule has 0 radical (unpaired) electrons. The van der Waals surface area contributed by atoms with Crippen molar-refractivity contribution in [3.63, 3.8) is 0 Å². The van der Waals surface area contributed by atoms with E-state index >= 15 is 24.0 Å². The number of aliphatic hydroxyl groups is 7. The fourth-order valence-electron chi connectivity index (χ4n) is 15.3. The van der Waals surface area contributed by atoms with Crippen LogP contribution in [0.1, 0.15) is 140 Å². The van der Waals surface area contributed by atoms with Gasteiger partial charge in [-0.25, -0.2) is 9.59 Å². The number of phenolic OH excluding ortho intramolecular Hbond substituents is 4. The summed E-state index contributed by atoms with van der Waals surface area (Å²) < 4.78 is 49.4. The van der Waals surface area contributed by atoms with Crippen LogP contribution < -0.4 is 66.2 Å². The summed E-state index contributed by atoms with van der Waals surface area (Å²) >= 11 is 14.2. The largest absolute Gasteiger partial charge is 0.508 e. The number of amides is 7. The molecule has 7 aromatic carbocycles. The monoisotopic (exact) mass is 1740 g/mol. The number of unbranched alkanes of at least 4 members (excludes halogenated alkanes) is 5. The Hall–Kier alpha value is -11.9. The van der Waals surface area contributed by atoms with Gasteiger partial charge in [0.1, 0.15) is 125 Å². The van der Waals surface area contributed by atoms with E-state index in [0.29, 0.717) is 24.3 Å². The Balaban J connectivity index is 1.04. The molecule has 37 nitrogen and oxygen atoms in total. The Morgan fingerprint density at radius 1 is 0.553 bits per heavy atom. The number of carbonyl (C=O) groups excluding carboxylic acids is 8. The predicted molar refractivity (Wildman–Crippen MR) is 428 cm³/mol. The highest BCUT2D eigenvalue weighted by Crippen LogP contribution is 2.50. The van der Waals surface area contributed by atoms with Crippen LogP contribution in [0.25, 0.3) is 11.1 Å². The van der Waals surface area contributed by atoms with Crippen molar-refractivity contribution in [2.45, 2.75) is 181 Å². The van der Waals surface area contributed by atoms with Crippen LogP contribution in [0, 0.1) is 5.92 Å². The highest BCUT2D eigenvalue weighted by Gasteiger charge is 2.52. The van der Waals surface area contributed by atoms with Crippen LogP contribution in [0.5, 0.6) is 69.0 Å². The topological polar surface area (TPSA) is 566 Å². The number of likely N-dealkylation sites (N-methyl/N-ethyl adjacent to an activating group) is 1. The van der Waals surface area contributed by atoms with Crippen LogP contribution >= 0.6 is 23.2 Å². The third kappa shape index (κ3) is 19.3. The average molecular weight is 1750 g/mol. The van der Waals surface area contributed by atoms with Crippen molar-refractivity contribution < 1.29 is 142 Å². The molecule has 123 heavy (non-hydrogen) atoms. The van der Waals surface area contributed by atoms with Crippen molar-refractivity contribution >= 4 is 76.5 Å². The van der Waals surface area contributed by atoms with Gasteiger partial charge in [-0.05, 0) is 120 Å². The normalized spacial score (nSPS) is 26.4. The SMILES string of the molecule is CN[C@H]1C(=O)N[C@@H]2Cc3ccc(cc3)Oc3cc4cc(c3O[C@@H]3O[C@H](C(=O)OC)[C@@H](O)[C@H](O)[C@H]3NC(=O)CCCCCCCCC(C)C)Oc3ccc(cc3Cl)[C@@H](O)[C@@H]3NC(=O)[C@H](NC(=O)[C@@H]4NC(=O)[C@@H](NC2=O)c2cc(cc(O)c2Cl)Oc2cc1ccc2O)c1ccc(O)c(c1)-c1c(O[C@H]2O[C@H](CO)[C@@H](O)[C@H](O)[C@@H]2O)cc(O)cc1[C@H](C(=O)O)NC3=O. The van der Waals surface area contributed by atoms with Crippen molar-refractivity contribution in [2.75, 3.05) is 20.8 Å². The summed E-state index contributed by atoms with van der Waals surface area (Å²) in [6.45, 7) is 3.28. The first kappa shape index (κ1) is 88.9. The number of rotatable bonds is 18. The molecule has 0 spiro atoms. The summed E-state index contributed by atoms with van der Waals surface area (Å²) in [4.78, 5) is 137. The molecule has 20 N–H and O–H groups in total. The zero-order valence-electron chi connectivity index (χ0n) is 66.1. The lowest BCUT2D eigenvalue weighted by molar-refractivity contribution is -0.277. The average Bonchev–Trinajstić information content (AvgIpc) is 0.759. The van der Waals surface area contributed by atoms with Gasteiger partial charge in [-0.1, -0.05) is 106 Å². The summed E-state index contributed by atoms with van der Waals surface area (Å²) in [5.41, 5.74) is -3.19. The lowest BCUT2D eigenvalue weighted by Gasteiger charge is -2.41. The lowest BCUT2D eigenvalue weighted by Crippen LogP contribution is -2.66. The Labute approximate surface area is 710 Å². The number of aromatic hydroxyl groups is 4. The Kier molecular flexibility index (Phi) is 27.4. The number of hydrogen-bond donors (Lipinski definition) is 20. The first-order valence-electron chi connectivity index (χ1n) is 39.3. The third-order valence-corrected chi connectivity index (χ3v) is 22.5. The van der Waals surface area contributed by atoms with E-state index in [0.717, 1.165) is 112 Å². The molecule has 0 aromatic heterocycles. The van der Waals surface area contributed by atoms with E-state index in [1.165, 1.54) is 49.5 Å². The molecule has 18 atom stereocenters. The molecule has 0 saturated carbocycles. The number of hydrogen-bond acceptors (Lipinski definition) is 29. The molecule has 7 amide bonds. The molecule has 8 heterocycles. The lowest BCUT2D eigenvalue weighted by atomic mass is 9.89. The van der Waals surface area contributed by atoms with Crippen LogP contribution in [0.4, 0.5) is 0 Å². The molecular weight excluding hydrogens is 1660 g/mol. The van der Waals surface area contributed by atoms with E-state index in [1.54, 1.807) is 0 Å². The van der Waals surface area contributed by atoms with Gasteiger partial charge in [-0.15, -0.1) is 0 Å². The number of nitrogens with one attached hydrogen (secondary N) is 8. The molecule has 0 aliphatic carbocycles. The second kappa shape index (κ2) is 37.9. The van der Waals surface area contributed by atoms with Gasteiger partial charge in [-0.3, -0.25) is 33.6 Å². The van der Waals surface area contributed by atoms with Crippen LogP contribution in [0.3, 0.4) is 0 Å². The molecule has 7 aromatic rings. The second-order valence-corrected chi connectivity index (χ2v) is 31.6. The first-order chi connectivity index (χ1) is 58.7. The molecular formula is C84H90Cl2N8O29. The fourth-order valence-corrected chi connectivity index (χ4v) is 15.7. The van der Waals surface area contributed by atoms with Gasteiger partial charge in [0.05, 0.1) is 23.8 Å². The maximum atomic E-state index is 16.7. The van der Waals surface area contributed by atoms with E-state index < -0.39 is 271 Å². The van der Waals surface area contributed by atoms with Gasteiger partial charge in [0.2, 0.25) is 59.7 Å². The number of methoxy groups -OCH3 is 1. The molecule has 15 rings (SSSR count). The van der Waals surface area contributed by atoms with Gasteiger partial charge < -0.3 is 142 Å². The summed E-state index contributed by atoms with van der Waals surface area (Å²) in [7, 11) is 2.38. The Morgan fingerprint density at radius 3 is 1.89 bits per heavy atom. The van der Waals surface area contributed by atoms with Crippen LogP contribution in [0.2, 0.25) is 10.0 Å². The van der Waals surface area contributed by atoms with E-state index in [4.69, 9.17) is 61.1 Å². The number of carbonyl (C=O) groups is 9. The van der Waals surface area contributed by atoms with Crippen molar-refractivity contribution in [1.29, 1.82) is 0 Å². The summed E-state index contributed by atoms with van der Waals surface area (Å²) in [5.74, 6) is -18.1. The molecule has 8 aliphatic rings. The fraction of sp³-hybridized carbons (Fsp3) is 0.393. The van der Waals surface area contributed by atoms with E-state index in [9.17, 15) is 80.5 Å². The van der Waals surface area contributed by atoms with Crippen molar-refractivity contribution in [3.05, 3.63) is 164 Å². The highest BCUT2D eigenvalue weighted by atomic mass is 35.5. The number of ether oxygens (including phenoxy) is 8.